The van der Waals surface area contributed by atoms with Crippen molar-refractivity contribution in [2.45, 2.75) is 0 Å². The van der Waals surface area contributed by atoms with Crippen molar-refractivity contribution in [2.75, 3.05) is 5.43 Å². The number of hydrogen-bond acceptors (Lipinski definition) is 4. The number of halogens is 1. The van der Waals surface area contributed by atoms with Crippen molar-refractivity contribution in [2.24, 2.45) is 5.84 Å². The molecule has 2 heterocycles. The van der Waals surface area contributed by atoms with E-state index in [4.69, 9.17) is 10.3 Å². The molecule has 0 spiro atoms. The van der Waals surface area contributed by atoms with Crippen LogP contribution in [-0.2, 0) is 0 Å². The van der Waals surface area contributed by atoms with Crippen molar-refractivity contribution < 1.29 is 8.81 Å². The molecule has 4 nitrogen and oxygen atoms in total. The maximum Gasteiger partial charge on any atom is 0.170 e. The van der Waals surface area contributed by atoms with Crippen molar-refractivity contribution in [3.63, 3.8) is 0 Å². The molecule has 3 aromatic rings. The van der Waals surface area contributed by atoms with E-state index < -0.39 is 0 Å². The Morgan fingerprint density at radius 3 is 2.89 bits per heavy atom. The molecule has 0 bridgehead atoms. The zero-order chi connectivity index (χ0) is 12.5. The van der Waals surface area contributed by atoms with Crippen molar-refractivity contribution in [3.8, 4) is 11.5 Å². The van der Waals surface area contributed by atoms with Gasteiger partial charge in [-0.2, -0.15) is 0 Å². The van der Waals surface area contributed by atoms with Crippen LogP contribution in [0.1, 0.15) is 0 Å². The topological polar surface area (TPSA) is 64.1 Å². The fourth-order valence-corrected chi connectivity index (χ4v) is 1.81. The second-order valence-corrected chi connectivity index (χ2v) is 3.84. The quantitative estimate of drug-likeness (QED) is 0.536. The number of aromatic nitrogens is 1. The fourth-order valence-electron chi connectivity index (χ4n) is 1.81. The van der Waals surface area contributed by atoms with Crippen LogP contribution in [0.15, 0.2) is 47.0 Å². The number of anilines is 1. The number of hydrogen-bond donors (Lipinski definition) is 2. The normalized spacial score (nSPS) is 10.8. The van der Waals surface area contributed by atoms with Crippen LogP contribution >= 0.6 is 0 Å². The van der Waals surface area contributed by atoms with E-state index in [1.165, 1.54) is 6.07 Å². The van der Waals surface area contributed by atoms with Gasteiger partial charge in [0.15, 0.2) is 17.2 Å². The maximum absolute atomic E-state index is 13.5. The molecule has 0 aliphatic rings. The van der Waals surface area contributed by atoms with E-state index in [2.05, 4.69) is 10.4 Å². The minimum atomic E-state index is -0.383. The van der Waals surface area contributed by atoms with Gasteiger partial charge in [0.05, 0.1) is 5.69 Å². The van der Waals surface area contributed by atoms with Gasteiger partial charge >= 0.3 is 0 Å². The summed E-state index contributed by atoms with van der Waals surface area (Å²) < 4.78 is 19.0. The third-order valence-electron chi connectivity index (χ3n) is 2.68. The first-order chi connectivity index (χ1) is 8.78. The summed E-state index contributed by atoms with van der Waals surface area (Å²) in [6.07, 6.45) is 1.61. The van der Waals surface area contributed by atoms with Crippen molar-refractivity contribution in [3.05, 3.63) is 48.4 Å². The van der Waals surface area contributed by atoms with Gasteiger partial charge in [0.25, 0.3) is 0 Å². The van der Waals surface area contributed by atoms with E-state index in [0.29, 0.717) is 22.5 Å². The molecule has 0 unspecified atom stereocenters. The number of pyridine rings is 1. The molecule has 0 aliphatic heterocycles. The summed E-state index contributed by atoms with van der Waals surface area (Å²) in [4.78, 5) is 4.17. The van der Waals surface area contributed by atoms with Crippen molar-refractivity contribution in [1.82, 2.24) is 4.98 Å². The summed E-state index contributed by atoms with van der Waals surface area (Å²) in [6, 6.07) is 10.0. The van der Waals surface area contributed by atoms with E-state index in [0.717, 1.165) is 0 Å². The van der Waals surface area contributed by atoms with Crippen LogP contribution in [0.4, 0.5) is 10.1 Å². The molecule has 0 saturated carbocycles. The third-order valence-corrected chi connectivity index (χ3v) is 2.68. The lowest BCUT2D eigenvalue weighted by molar-refractivity contribution is 0.567. The number of hydrazine groups is 1. The highest BCUT2D eigenvalue weighted by Gasteiger charge is 2.10. The number of furan rings is 1. The third kappa shape index (κ3) is 1.70. The molecule has 2 aromatic heterocycles. The Hall–Kier alpha value is -2.40. The van der Waals surface area contributed by atoms with Crippen LogP contribution in [0.2, 0.25) is 0 Å². The van der Waals surface area contributed by atoms with Gasteiger partial charge in [0, 0.05) is 11.6 Å². The summed E-state index contributed by atoms with van der Waals surface area (Å²) in [6.45, 7) is 0. The first-order valence-corrected chi connectivity index (χ1v) is 5.39. The van der Waals surface area contributed by atoms with Gasteiger partial charge < -0.3 is 9.84 Å². The van der Waals surface area contributed by atoms with E-state index in [1.807, 2.05) is 0 Å². The zero-order valence-corrected chi connectivity index (χ0v) is 9.35. The van der Waals surface area contributed by atoms with E-state index in [9.17, 15) is 4.39 Å². The predicted octanol–water partition coefficient (Wildman–Crippen LogP) is 2.92. The zero-order valence-electron chi connectivity index (χ0n) is 9.35. The van der Waals surface area contributed by atoms with Crippen LogP contribution in [0.3, 0.4) is 0 Å². The maximum atomic E-state index is 13.5. The van der Waals surface area contributed by atoms with Crippen LogP contribution < -0.4 is 11.3 Å². The number of rotatable bonds is 2. The minimum absolute atomic E-state index is 0.236. The highest BCUT2D eigenvalue weighted by Crippen LogP contribution is 2.28. The number of nitrogen functional groups attached to an aromatic ring is 1. The second-order valence-electron chi connectivity index (χ2n) is 3.84. The van der Waals surface area contributed by atoms with Gasteiger partial charge in [0.1, 0.15) is 5.69 Å². The van der Waals surface area contributed by atoms with Gasteiger partial charge in [-0.05, 0) is 24.3 Å². The molecule has 0 fully saturated rings. The van der Waals surface area contributed by atoms with Crippen LogP contribution in [0.5, 0.6) is 0 Å². The molecule has 1 aromatic carbocycles. The lowest BCUT2D eigenvalue weighted by Gasteiger charge is -2.00. The van der Waals surface area contributed by atoms with Crippen molar-refractivity contribution >= 4 is 16.7 Å². The fraction of sp³-hybridized carbons (Fsp3) is 0. The van der Waals surface area contributed by atoms with E-state index in [-0.39, 0.29) is 11.4 Å². The first kappa shape index (κ1) is 10.7. The van der Waals surface area contributed by atoms with Crippen molar-refractivity contribution in [1.29, 1.82) is 0 Å². The Morgan fingerprint density at radius 1 is 1.22 bits per heavy atom. The number of para-hydroxylation sites is 1. The van der Waals surface area contributed by atoms with Gasteiger partial charge in [-0.25, -0.2) is 4.39 Å². The van der Waals surface area contributed by atoms with Crippen LogP contribution in [0.25, 0.3) is 22.4 Å². The first-order valence-electron chi connectivity index (χ1n) is 5.39. The Bertz CT molecular complexity index is 708. The number of nitrogens with zero attached hydrogens (tertiary/aromatic N) is 1. The number of fused-ring (bicyclic) bond motifs is 1. The smallest absolute Gasteiger partial charge is 0.170 e. The molecular formula is C13H10FN3O. The lowest BCUT2D eigenvalue weighted by atomic mass is 10.2. The summed E-state index contributed by atoms with van der Waals surface area (Å²) in [5.41, 5.74) is 4.07. The molecule has 0 radical (unpaired) electrons. The molecule has 3 rings (SSSR count). The van der Waals surface area contributed by atoms with E-state index in [1.54, 1.807) is 36.5 Å². The number of benzene rings is 1. The standard InChI is InChI=1S/C13H10FN3O/c14-10-3-1-2-8-6-12(18-13(8)10)11-7-9(17-15)4-5-16-11/h1-7H,15H2,(H,16,17). The summed E-state index contributed by atoms with van der Waals surface area (Å²) >= 11 is 0. The molecule has 0 aliphatic carbocycles. The predicted molar refractivity (Wildman–Crippen MR) is 67.2 cm³/mol. The molecule has 90 valence electrons. The Kier molecular flexibility index (Phi) is 2.46. The lowest BCUT2D eigenvalue weighted by Crippen LogP contribution is -2.06. The average molecular weight is 243 g/mol. The molecule has 0 amide bonds. The largest absolute Gasteiger partial charge is 0.451 e. The highest BCUT2D eigenvalue weighted by molar-refractivity contribution is 5.82. The van der Waals surface area contributed by atoms with Gasteiger partial charge in [-0.3, -0.25) is 10.8 Å². The van der Waals surface area contributed by atoms with Crippen LogP contribution in [-0.4, -0.2) is 4.98 Å². The van der Waals surface area contributed by atoms with Gasteiger partial charge in [0.2, 0.25) is 0 Å². The summed E-state index contributed by atoms with van der Waals surface area (Å²) in [5, 5.41) is 0.706. The second kappa shape index (κ2) is 4.12. The highest BCUT2D eigenvalue weighted by atomic mass is 19.1. The SMILES string of the molecule is NNc1ccnc(-c2cc3cccc(F)c3o2)c1. The van der Waals surface area contributed by atoms with Crippen LogP contribution in [0, 0.1) is 5.82 Å². The summed E-state index contributed by atoms with van der Waals surface area (Å²) in [7, 11) is 0. The average Bonchev–Trinajstić information content (AvgIpc) is 2.84. The molecule has 3 N–H and O–H groups in total. The number of nitrogens with one attached hydrogen (secondary N) is 1. The molecule has 5 heteroatoms. The Morgan fingerprint density at radius 2 is 2.11 bits per heavy atom. The molecule has 0 atom stereocenters. The number of nitrogens with two attached hydrogens (primary N) is 1. The van der Waals surface area contributed by atoms with Gasteiger partial charge in [-0.15, -0.1) is 0 Å². The minimum Gasteiger partial charge on any atom is -0.451 e. The Labute approximate surface area is 102 Å². The molecule has 18 heavy (non-hydrogen) atoms. The Balaban J connectivity index is 2.16. The van der Waals surface area contributed by atoms with E-state index >= 15 is 0 Å². The monoisotopic (exact) mass is 243 g/mol. The van der Waals surface area contributed by atoms with Gasteiger partial charge in [-0.1, -0.05) is 12.1 Å². The molecular weight excluding hydrogens is 233 g/mol. The molecule has 0 saturated heterocycles. The summed E-state index contributed by atoms with van der Waals surface area (Å²) in [5.74, 6) is 5.45.